The molecule has 3 aliphatic rings. The molecule has 0 spiro atoms. The first-order valence-electron chi connectivity index (χ1n) is 6.42. The maximum Gasteiger partial charge on any atom is 0.344 e. The summed E-state index contributed by atoms with van der Waals surface area (Å²) in [5.74, 6) is 4.49. The van der Waals surface area contributed by atoms with Gasteiger partial charge in [-0.05, 0) is 25.7 Å². The smallest absolute Gasteiger partial charge is 0.309 e. The highest BCUT2D eigenvalue weighted by Crippen LogP contribution is 2.32. The number of nitrogens with zero attached hydrogens (tertiary/aromatic N) is 3. The average Bonchev–Trinajstić information content (AvgIpc) is 3.24. The lowest BCUT2D eigenvalue weighted by atomic mass is 10.00. The topological polar surface area (TPSA) is 107 Å². The molecule has 4 amide bonds. The van der Waals surface area contributed by atoms with Crippen molar-refractivity contribution < 1.29 is 19.6 Å². The number of fused-ring (bicyclic) bond motifs is 2. The van der Waals surface area contributed by atoms with Crippen LogP contribution in [0.1, 0.15) is 25.7 Å². The molecule has 1 aliphatic carbocycles. The van der Waals surface area contributed by atoms with Gasteiger partial charge in [0.1, 0.15) is 6.04 Å². The number of urea groups is 1. The van der Waals surface area contributed by atoms with E-state index in [9.17, 15) is 19.6 Å². The van der Waals surface area contributed by atoms with E-state index in [-0.39, 0.29) is 17.9 Å². The van der Waals surface area contributed by atoms with E-state index in [2.05, 4.69) is 0 Å². The normalized spacial score (nSPS) is 29.7. The van der Waals surface area contributed by atoms with E-state index in [1.165, 1.54) is 4.90 Å². The van der Waals surface area contributed by atoms with Gasteiger partial charge in [-0.2, -0.15) is 0 Å². The number of rotatable bonds is 2. The van der Waals surface area contributed by atoms with E-state index in [4.69, 9.17) is 5.84 Å². The standard InChI is InChI=1S/C11H16N4O4/c12-14(9(16)6-1-2-6)10(17)8-4-3-7-5-13(8)11(18)15(7)19/h6-8,19H,1-5,12H2/t7-,8+/m0/s1. The fourth-order valence-corrected chi connectivity index (χ4v) is 2.70. The van der Waals surface area contributed by atoms with Crippen LogP contribution in [0.2, 0.25) is 0 Å². The van der Waals surface area contributed by atoms with Crippen molar-refractivity contribution in [2.75, 3.05) is 6.54 Å². The number of hydrazine groups is 1. The summed E-state index contributed by atoms with van der Waals surface area (Å²) in [6.07, 6.45) is 2.47. The predicted molar refractivity (Wildman–Crippen MR) is 61.3 cm³/mol. The molecule has 0 radical (unpaired) electrons. The number of imide groups is 1. The minimum atomic E-state index is -0.742. The summed E-state index contributed by atoms with van der Waals surface area (Å²) in [7, 11) is 0. The fourth-order valence-electron chi connectivity index (χ4n) is 2.70. The molecule has 0 unspecified atom stereocenters. The number of carbonyl (C=O) groups excluding carboxylic acids is 3. The van der Waals surface area contributed by atoms with E-state index in [0.29, 0.717) is 29.5 Å². The molecule has 2 atom stereocenters. The Kier molecular flexibility index (Phi) is 2.72. The molecule has 8 nitrogen and oxygen atoms in total. The molecule has 2 aliphatic heterocycles. The summed E-state index contributed by atoms with van der Waals surface area (Å²) >= 11 is 0. The van der Waals surface area contributed by atoms with E-state index >= 15 is 0 Å². The van der Waals surface area contributed by atoms with Gasteiger partial charge < -0.3 is 4.90 Å². The van der Waals surface area contributed by atoms with Gasteiger partial charge in [-0.25, -0.2) is 20.7 Å². The van der Waals surface area contributed by atoms with Gasteiger partial charge in [0.05, 0.1) is 6.04 Å². The van der Waals surface area contributed by atoms with E-state index < -0.39 is 18.0 Å². The SMILES string of the molecule is NN(C(=O)C1CC1)C(=O)[C@H]1CC[C@H]2CN1C(=O)N2O. The Labute approximate surface area is 109 Å². The molecule has 1 saturated carbocycles. The Morgan fingerprint density at radius 1 is 1.21 bits per heavy atom. The fraction of sp³-hybridized carbons (Fsp3) is 0.727. The van der Waals surface area contributed by atoms with Gasteiger partial charge in [0.25, 0.3) is 5.91 Å². The second-order valence-corrected chi connectivity index (χ2v) is 5.35. The zero-order chi connectivity index (χ0) is 13.7. The van der Waals surface area contributed by atoms with Gasteiger partial charge in [-0.3, -0.25) is 14.8 Å². The minimum absolute atomic E-state index is 0.145. The maximum absolute atomic E-state index is 12.2. The summed E-state index contributed by atoms with van der Waals surface area (Å²) in [6.45, 7) is 0.303. The lowest BCUT2D eigenvalue weighted by Crippen LogP contribution is -2.55. The van der Waals surface area contributed by atoms with Crippen molar-refractivity contribution in [2.24, 2.45) is 11.8 Å². The van der Waals surface area contributed by atoms with Gasteiger partial charge in [0, 0.05) is 12.5 Å². The van der Waals surface area contributed by atoms with Gasteiger partial charge in [0.2, 0.25) is 5.91 Å². The number of carbonyl (C=O) groups is 3. The first-order valence-corrected chi connectivity index (χ1v) is 6.42. The third-order valence-electron chi connectivity index (χ3n) is 4.03. The maximum atomic E-state index is 12.2. The predicted octanol–water partition coefficient (Wildman–Crippen LogP) is -0.717. The Morgan fingerprint density at radius 2 is 1.89 bits per heavy atom. The van der Waals surface area contributed by atoms with Crippen LogP contribution in [0.4, 0.5) is 4.79 Å². The van der Waals surface area contributed by atoms with Crippen LogP contribution in [0, 0.1) is 5.92 Å². The van der Waals surface area contributed by atoms with Crippen molar-refractivity contribution in [3.63, 3.8) is 0 Å². The number of hydrogen-bond acceptors (Lipinski definition) is 5. The van der Waals surface area contributed by atoms with Crippen molar-refractivity contribution in [1.82, 2.24) is 15.0 Å². The van der Waals surface area contributed by atoms with Crippen LogP contribution in [0.25, 0.3) is 0 Å². The van der Waals surface area contributed by atoms with Crippen molar-refractivity contribution in [3.8, 4) is 0 Å². The van der Waals surface area contributed by atoms with Crippen LogP contribution in [-0.2, 0) is 9.59 Å². The summed E-state index contributed by atoms with van der Waals surface area (Å²) in [4.78, 5) is 37.0. The zero-order valence-corrected chi connectivity index (χ0v) is 10.4. The molecule has 2 bridgehead atoms. The summed E-state index contributed by atoms with van der Waals surface area (Å²) in [6, 6.07) is -1.59. The highest BCUT2D eigenvalue weighted by molar-refractivity contribution is 6.00. The van der Waals surface area contributed by atoms with Crippen molar-refractivity contribution >= 4 is 17.8 Å². The Morgan fingerprint density at radius 3 is 2.53 bits per heavy atom. The average molecular weight is 268 g/mol. The Bertz CT molecular complexity index is 450. The van der Waals surface area contributed by atoms with Crippen LogP contribution >= 0.6 is 0 Å². The number of hydrogen-bond donors (Lipinski definition) is 2. The molecule has 0 aromatic heterocycles. The molecule has 2 heterocycles. The van der Waals surface area contributed by atoms with Crippen molar-refractivity contribution in [3.05, 3.63) is 0 Å². The van der Waals surface area contributed by atoms with Gasteiger partial charge in [-0.15, -0.1) is 0 Å². The third kappa shape index (κ3) is 1.87. The van der Waals surface area contributed by atoms with Gasteiger partial charge in [0.15, 0.2) is 0 Å². The van der Waals surface area contributed by atoms with E-state index in [1.807, 2.05) is 0 Å². The summed E-state index contributed by atoms with van der Waals surface area (Å²) in [5, 5.41) is 10.8. The summed E-state index contributed by atoms with van der Waals surface area (Å²) in [5.41, 5.74) is 0. The molecule has 3 N–H and O–H groups in total. The molecular weight excluding hydrogens is 252 g/mol. The second-order valence-electron chi connectivity index (χ2n) is 5.35. The summed E-state index contributed by atoms with van der Waals surface area (Å²) < 4.78 is 0. The first kappa shape index (κ1) is 12.4. The molecule has 104 valence electrons. The molecule has 3 rings (SSSR count). The van der Waals surface area contributed by atoms with Gasteiger partial charge in [-0.1, -0.05) is 0 Å². The lowest BCUT2D eigenvalue weighted by molar-refractivity contribution is -0.149. The number of amides is 4. The highest BCUT2D eigenvalue weighted by atomic mass is 16.5. The molecule has 19 heavy (non-hydrogen) atoms. The van der Waals surface area contributed by atoms with Crippen LogP contribution in [0.15, 0.2) is 0 Å². The molecular formula is C11H16N4O4. The second kappa shape index (κ2) is 4.17. The third-order valence-corrected chi connectivity index (χ3v) is 4.03. The monoisotopic (exact) mass is 268 g/mol. The molecule has 3 fully saturated rings. The van der Waals surface area contributed by atoms with Gasteiger partial charge >= 0.3 is 6.03 Å². The van der Waals surface area contributed by atoms with E-state index in [1.54, 1.807) is 0 Å². The van der Waals surface area contributed by atoms with Crippen molar-refractivity contribution in [2.45, 2.75) is 37.8 Å². The molecule has 2 saturated heterocycles. The van der Waals surface area contributed by atoms with Crippen LogP contribution < -0.4 is 5.84 Å². The molecule has 0 aromatic carbocycles. The Balaban J connectivity index is 1.73. The highest BCUT2D eigenvalue weighted by Gasteiger charge is 2.48. The van der Waals surface area contributed by atoms with Crippen LogP contribution in [-0.4, -0.2) is 56.7 Å². The molecule has 8 heteroatoms. The lowest BCUT2D eigenvalue weighted by Gasteiger charge is -2.31. The largest absolute Gasteiger partial charge is 0.344 e. The Hall–Kier alpha value is -1.67. The number of hydroxylamine groups is 2. The zero-order valence-electron chi connectivity index (χ0n) is 10.4. The van der Waals surface area contributed by atoms with E-state index in [0.717, 1.165) is 12.8 Å². The van der Waals surface area contributed by atoms with Crippen molar-refractivity contribution in [1.29, 1.82) is 0 Å². The van der Waals surface area contributed by atoms with Crippen LogP contribution in [0.3, 0.4) is 0 Å². The first-order chi connectivity index (χ1) is 9.00. The van der Waals surface area contributed by atoms with Crippen LogP contribution in [0.5, 0.6) is 0 Å². The minimum Gasteiger partial charge on any atom is -0.309 e. The number of nitrogens with two attached hydrogens (primary N) is 1. The number of piperidine rings is 1. The molecule has 0 aromatic rings. The quantitative estimate of drug-likeness (QED) is 0.226.